The number of aliphatic imine (C=N–C) groups is 1. The lowest BCUT2D eigenvalue weighted by atomic mass is 10.2. The summed E-state index contributed by atoms with van der Waals surface area (Å²) in [6, 6.07) is 5.69. The maximum Gasteiger partial charge on any atom is 0.158 e. The number of nitrogens with zero attached hydrogens (tertiary/aromatic N) is 1. The molecule has 0 unspecified atom stereocenters. The van der Waals surface area contributed by atoms with Crippen molar-refractivity contribution in [1.82, 2.24) is 0 Å². The van der Waals surface area contributed by atoms with E-state index >= 15 is 0 Å². The van der Waals surface area contributed by atoms with Gasteiger partial charge in [0.15, 0.2) is 5.17 Å². The third-order valence-corrected chi connectivity index (χ3v) is 2.36. The van der Waals surface area contributed by atoms with E-state index in [0.717, 1.165) is 11.3 Å². The van der Waals surface area contributed by atoms with E-state index in [2.05, 4.69) is 4.99 Å². The summed E-state index contributed by atoms with van der Waals surface area (Å²) in [6.07, 6.45) is 1.88. The molecular formula is C9H11ClN2S. The molecule has 0 saturated carbocycles. The number of nitrogens with two attached hydrogens (primary N) is 1. The van der Waals surface area contributed by atoms with Gasteiger partial charge in [0, 0.05) is 0 Å². The molecule has 0 amide bonds. The third kappa shape index (κ3) is 2.94. The topological polar surface area (TPSA) is 38.4 Å². The van der Waals surface area contributed by atoms with Gasteiger partial charge in [0.2, 0.25) is 0 Å². The molecule has 0 bridgehead atoms. The van der Waals surface area contributed by atoms with Crippen LogP contribution in [0.25, 0.3) is 0 Å². The second kappa shape index (κ2) is 4.53. The molecule has 0 aliphatic rings. The van der Waals surface area contributed by atoms with E-state index in [9.17, 15) is 0 Å². The Morgan fingerprint density at radius 1 is 1.54 bits per heavy atom. The zero-order valence-electron chi connectivity index (χ0n) is 7.54. The van der Waals surface area contributed by atoms with E-state index in [1.54, 1.807) is 0 Å². The van der Waals surface area contributed by atoms with Crippen LogP contribution < -0.4 is 5.73 Å². The Hall–Kier alpha value is -0.670. The number of benzene rings is 1. The van der Waals surface area contributed by atoms with Crippen molar-refractivity contribution in [3.8, 4) is 0 Å². The van der Waals surface area contributed by atoms with E-state index in [4.69, 9.17) is 17.3 Å². The lowest BCUT2D eigenvalue weighted by Gasteiger charge is -2.00. The lowest BCUT2D eigenvalue weighted by Crippen LogP contribution is -2.04. The van der Waals surface area contributed by atoms with Crippen molar-refractivity contribution in [2.45, 2.75) is 6.92 Å². The minimum Gasteiger partial charge on any atom is -0.378 e. The van der Waals surface area contributed by atoms with Gasteiger partial charge < -0.3 is 5.73 Å². The van der Waals surface area contributed by atoms with Crippen LogP contribution in [-0.4, -0.2) is 11.4 Å². The van der Waals surface area contributed by atoms with Crippen molar-refractivity contribution in [3.05, 3.63) is 28.8 Å². The summed E-state index contributed by atoms with van der Waals surface area (Å²) in [4.78, 5) is 4.14. The molecule has 0 spiro atoms. The van der Waals surface area contributed by atoms with Crippen LogP contribution in [-0.2, 0) is 0 Å². The molecule has 2 nitrogen and oxygen atoms in total. The van der Waals surface area contributed by atoms with Crippen molar-refractivity contribution >= 4 is 34.2 Å². The lowest BCUT2D eigenvalue weighted by molar-refractivity contribution is 1.43. The van der Waals surface area contributed by atoms with Gasteiger partial charge in [-0.3, -0.25) is 0 Å². The van der Waals surface area contributed by atoms with Gasteiger partial charge >= 0.3 is 0 Å². The zero-order valence-corrected chi connectivity index (χ0v) is 9.12. The summed E-state index contributed by atoms with van der Waals surface area (Å²) in [6.45, 7) is 1.98. The highest BCUT2D eigenvalue weighted by atomic mass is 35.5. The van der Waals surface area contributed by atoms with E-state index < -0.39 is 0 Å². The Labute approximate surface area is 87.2 Å². The van der Waals surface area contributed by atoms with E-state index in [1.807, 2.05) is 31.4 Å². The molecule has 1 rings (SSSR count). The molecule has 1 aromatic carbocycles. The second-order valence-corrected chi connectivity index (χ2v) is 3.84. The van der Waals surface area contributed by atoms with Crippen LogP contribution in [0, 0.1) is 6.92 Å². The van der Waals surface area contributed by atoms with Gasteiger partial charge in [-0.15, -0.1) is 0 Å². The van der Waals surface area contributed by atoms with Crippen LogP contribution in [0.15, 0.2) is 23.2 Å². The Balaban J connectivity index is 3.03. The highest BCUT2D eigenvalue weighted by molar-refractivity contribution is 8.13. The van der Waals surface area contributed by atoms with Gasteiger partial charge in [-0.2, -0.15) is 0 Å². The van der Waals surface area contributed by atoms with Crippen molar-refractivity contribution < 1.29 is 0 Å². The van der Waals surface area contributed by atoms with Crippen molar-refractivity contribution in [2.24, 2.45) is 10.7 Å². The van der Waals surface area contributed by atoms with Crippen LogP contribution in [0.3, 0.4) is 0 Å². The molecule has 13 heavy (non-hydrogen) atoms. The molecule has 0 heterocycles. The van der Waals surface area contributed by atoms with Crippen molar-refractivity contribution in [1.29, 1.82) is 0 Å². The Morgan fingerprint density at radius 2 is 2.23 bits per heavy atom. The molecule has 0 aromatic heterocycles. The highest BCUT2D eigenvalue weighted by Crippen LogP contribution is 2.25. The van der Waals surface area contributed by atoms with Gasteiger partial charge in [0.1, 0.15) is 0 Å². The zero-order chi connectivity index (χ0) is 9.84. The number of amidine groups is 1. The van der Waals surface area contributed by atoms with Crippen molar-refractivity contribution in [2.75, 3.05) is 6.26 Å². The van der Waals surface area contributed by atoms with Crippen LogP contribution >= 0.6 is 23.4 Å². The number of thioether (sulfide) groups is 1. The first kappa shape index (κ1) is 10.4. The van der Waals surface area contributed by atoms with Gasteiger partial charge in [0.05, 0.1) is 10.7 Å². The maximum absolute atomic E-state index is 5.96. The summed E-state index contributed by atoms with van der Waals surface area (Å²) in [7, 11) is 0. The van der Waals surface area contributed by atoms with Crippen LogP contribution in [0.1, 0.15) is 5.56 Å². The SMILES string of the molecule is CSC(N)=Nc1ccc(C)cc1Cl. The predicted molar refractivity (Wildman–Crippen MR) is 61.0 cm³/mol. The summed E-state index contributed by atoms with van der Waals surface area (Å²) in [5, 5.41) is 1.16. The molecule has 1 aromatic rings. The van der Waals surface area contributed by atoms with Gasteiger partial charge in [0.25, 0.3) is 0 Å². The quantitative estimate of drug-likeness (QED) is 0.577. The smallest absolute Gasteiger partial charge is 0.158 e. The molecule has 70 valence electrons. The first-order valence-corrected chi connectivity index (χ1v) is 5.38. The Morgan fingerprint density at radius 3 is 2.77 bits per heavy atom. The predicted octanol–water partition coefficient (Wildman–Crippen LogP) is 2.96. The van der Waals surface area contributed by atoms with E-state index in [-0.39, 0.29) is 0 Å². The summed E-state index contributed by atoms with van der Waals surface area (Å²) < 4.78 is 0. The third-order valence-electron chi connectivity index (χ3n) is 1.54. The van der Waals surface area contributed by atoms with Crippen molar-refractivity contribution in [3.63, 3.8) is 0 Å². The molecule has 0 saturated heterocycles. The van der Waals surface area contributed by atoms with Gasteiger partial charge in [-0.05, 0) is 30.9 Å². The fourth-order valence-corrected chi connectivity index (χ4v) is 1.33. The molecule has 0 radical (unpaired) electrons. The molecule has 4 heteroatoms. The molecule has 0 aliphatic heterocycles. The van der Waals surface area contributed by atoms with E-state index in [1.165, 1.54) is 11.8 Å². The van der Waals surface area contributed by atoms with Gasteiger partial charge in [-0.1, -0.05) is 29.4 Å². The number of rotatable bonds is 1. The second-order valence-electron chi connectivity index (χ2n) is 2.61. The van der Waals surface area contributed by atoms with E-state index in [0.29, 0.717) is 10.2 Å². The minimum absolute atomic E-state index is 0.519. The van der Waals surface area contributed by atoms with Gasteiger partial charge in [-0.25, -0.2) is 4.99 Å². The largest absolute Gasteiger partial charge is 0.378 e. The Kier molecular flexibility index (Phi) is 3.63. The summed E-state index contributed by atoms with van der Waals surface area (Å²) in [5.41, 5.74) is 7.40. The molecule has 0 aliphatic carbocycles. The fraction of sp³-hybridized carbons (Fsp3) is 0.222. The summed E-state index contributed by atoms with van der Waals surface area (Å²) in [5.74, 6) is 0. The molecule has 0 fully saturated rings. The minimum atomic E-state index is 0.519. The number of hydrogen-bond donors (Lipinski definition) is 1. The van der Waals surface area contributed by atoms with Crippen LogP contribution in [0.2, 0.25) is 5.02 Å². The number of aryl methyl sites for hydroxylation is 1. The Bertz CT molecular complexity index is 336. The number of hydrogen-bond acceptors (Lipinski definition) is 2. The molecule has 2 N–H and O–H groups in total. The first-order chi connectivity index (χ1) is 6.13. The standard InChI is InChI=1S/C9H11ClN2S/c1-6-3-4-8(7(10)5-6)12-9(11)13-2/h3-5H,1-2H3,(H2,11,12). The fourth-order valence-electron chi connectivity index (χ4n) is 0.867. The normalized spacial score (nSPS) is 11.8. The van der Waals surface area contributed by atoms with Crippen LogP contribution in [0.5, 0.6) is 0 Å². The average molecular weight is 215 g/mol. The molecule has 0 atom stereocenters. The molecular weight excluding hydrogens is 204 g/mol. The first-order valence-electron chi connectivity index (χ1n) is 3.78. The number of halogens is 1. The van der Waals surface area contributed by atoms with Crippen LogP contribution in [0.4, 0.5) is 5.69 Å². The monoisotopic (exact) mass is 214 g/mol. The maximum atomic E-state index is 5.96. The highest BCUT2D eigenvalue weighted by Gasteiger charge is 1.98. The average Bonchev–Trinajstić information content (AvgIpc) is 2.09. The summed E-state index contributed by atoms with van der Waals surface area (Å²) >= 11 is 7.36.